The molecule has 58 heavy (non-hydrogen) atoms. The lowest BCUT2D eigenvalue weighted by molar-refractivity contribution is 0.300. The molecule has 9 aromatic rings. The van der Waals surface area contributed by atoms with E-state index in [1.807, 2.05) is 0 Å². The molecule has 0 N–H and O–H groups in total. The summed E-state index contributed by atoms with van der Waals surface area (Å²) in [5.41, 5.74) is 11.4. The summed E-state index contributed by atoms with van der Waals surface area (Å²) in [6.45, 7) is 5.71. The quantitative estimate of drug-likeness (QED) is 0.0816. The summed E-state index contributed by atoms with van der Waals surface area (Å²) in [5.74, 6) is 1.71. The third-order valence-electron chi connectivity index (χ3n) is 11.0. The number of aromatic nitrogens is 2. The first-order chi connectivity index (χ1) is 28.7. The van der Waals surface area contributed by atoms with Gasteiger partial charge in [-0.05, 0) is 84.6 Å². The lowest BCUT2D eigenvalue weighted by Crippen LogP contribution is -2.02. The zero-order chi connectivity index (χ0) is 39.3. The molecule has 2 aromatic heterocycles. The number of ether oxygens (including phenoxy) is 2. The summed E-state index contributed by atoms with van der Waals surface area (Å²) >= 11 is 0. The van der Waals surface area contributed by atoms with Gasteiger partial charge in [-0.15, -0.1) is 0 Å². The van der Waals surface area contributed by atoms with Gasteiger partial charge in [0.1, 0.15) is 11.5 Å². The number of rotatable bonds is 14. The number of fused-ring (bicyclic) bond motifs is 6. The highest BCUT2D eigenvalue weighted by atomic mass is 16.5. The van der Waals surface area contributed by atoms with Gasteiger partial charge in [-0.3, -0.25) is 0 Å². The van der Waals surface area contributed by atoms with Crippen molar-refractivity contribution in [2.24, 2.45) is 0 Å². The summed E-state index contributed by atoms with van der Waals surface area (Å²) in [5, 5.41) is 5.06. The summed E-state index contributed by atoms with van der Waals surface area (Å²) in [6.07, 6.45) is 12.8. The molecule has 4 nitrogen and oxygen atoms in total. The van der Waals surface area contributed by atoms with Gasteiger partial charge in [-0.1, -0.05) is 148 Å². The number of unbranched alkanes of at least 4 members (excludes halogenated alkanes) is 2. The Morgan fingerprint density at radius 3 is 1.05 bits per heavy atom. The van der Waals surface area contributed by atoms with Crippen LogP contribution in [0.2, 0.25) is 0 Å². The van der Waals surface area contributed by atoms with E-state index in [0.717, 1.165) is 70.8 Å². The second-order valence-corrected chi connectivity index (χ2v) is 14.9. The molecule has 0 fully saturated rings. The van der Waals surface area contributed by atoms with Crippen molar-refractivity contribution in [3.8, 4) is 22.9 Å². The van der Waals surface area contributed by atoms with Crippen LogP contribution in [0.4, 0.5) is 0 Å². The van der Waals surface area contributed by atoms with Crippen LogP contribution in [0.25, 0.3) is 79.3 Å². The minimum absolute atomic E-state index is 0.661. The van der Waals surface area contributed by atoms with Crippen LogP contribution in [-0.2, 0) is 0 Å². The summed E-state index contributed by atoms with van der Waals surface area (Å²) < 4.78 is 17.6. The van der Waals surface area contributed by atoms with Crippen molar-refractivity contribution >= 4 is 67.9 Å². The fourth-order valence-electron chi connectivity index (χ4n) is 8.00. The Morgan fingerprint density at radius 2 is 0.724 bits per heavy atom. The highest BCUT2D eigenvalue weighted by molar-refractivity contribution is 6.10. The molecular weight excluding hydrogens is 709 g/mol. The highest BCUT2D eigenvalue weighted by Gasteiger charge is 2.14. The van der Waals surface area contributed by atoms with E-state index in [9.17, 15) is 0 Å². The van der Waals surface area contributed by atoms with Crippen LogP contribution >= 0.6 is 0 Å². The van der Waals surface area contributed by atoms with Crippen molar-refractivity contribution in [3.05, 3.63) is 180 Å². The zero-order valence-corrected chi connectivity index (χ0v) is 33.3. The molecule has 9 rings (SSSR count). The topological polar surface area (TPSA) is 28.3 Å². The van der Waals surface area contributed by atoms with E-state index in [4.69, 9.17) is 9.47 Å². The van der Waals surface area contributed by atoms with Gasteiger partial charge in [-0.2, -0.15) is 0 Å². The molecule has 0 aliphatic heterocycles. The van der Waals surface area contributed by atoms with Crippen molar-refractivity contribution in [3.63, 3.8) is 0 Å². The first-order valence-electron chi connectivity index (χ1n) is 20.7. The Kier molecular flexibility index (Phi) is 10.6. The van der Waals surface area contributed by atoms with Crippen molar-refractivity contribution in [1.82, 2.24) is 9.13 Å². The molecule has 0 aliphatic rings. The maximum Gasteiger partial charge on any atom is 0.127 e. The predicted molar refractivity (Wildman–Crippen MR) is 247 cm³/mol. The molecule has 4 heteroatoms. The average molecular weight is 757 g/mol. The minimum Gasteiger partial charge on any atom is -0.493 e. The van der Waals surface area contributed by atoms with E-state index < -0.39 is 0 Å². The molecular formula is C54H48N2O2. The largest absolute Gasteiger partial charge is 0.493 e. The summed E-state index contributed by atoms with van der Waals surface area (Å²) in [6, 6.07) is 56.4. The van der Waals surface area contributed by atoms with Crippen LogP contribution in [-0.4, -0.2) is 22.3 Å². The first kappa shape index (κ1) is 36.8. The van der Waals surface area contributed by atoms with E-state index in [1.165, 1.54) is 43.6 Å². The maximum absolute atomic E-state index is 6.47. The number of para-hydroxylation sites is 4. The van der Waals surface area contributed by atoms with Gasteiger partial charge in [0.05, 0.1) is 35.3 Å². The van der Waals surface area contributed by atoms with E-state index in [-0.39, 0.29) is 0 Å². The first-order valence-corrected chi connectivity index (χ1v) is 20.7. The molecule has 0 bridgehead atoms. The Balaban J connectivity index is 1.02. The van der Waals surface area contributed by atoms with Crippen molar-refractivity contribution in [1.29, 1.82) is 0 Å². The number of hydrogen-bond donors (Lipinski definition) is 0. The van der Waals surface area contributed by atoms with E-state index in [1.54, 1.807) is 0 Å². The summed E-state index contributed by atoms with van der Waals surface area (Å²) in [4.78, 5) is 0. The van der Waals surface area contributed by atoms with Crippen LogP contribution in [0.1, 0.15) is 61.8 Å². The van der Waals surface area contributed by atoms with Gasteiger partial charge in [0, 0.05) is 44.0 Å². The van der Waals surface area contributed by atoms with E-state index in [0.29, 0.717) is 13.2 Å². The second-order valence-electron chi connectivity index (χ2n) is 14.9. The third-order valence-corrected chi connectivity index (χ3v) is 11.0. The van der Waals surface area contributed by atoms with Crippen LogP contribution in [0.15, 0.2) is 158 Å². The summed E-state index contributed by atoms with van der Waals surface area (Å²) in [7, 11) is 0. The monoisotopic (exact) mass is 756 g/mol. The van der Waals surface area contributed by atoms with Gasteiger partial charge in [0.15, 0.2) is 0 Å². The molecule has 286 valence electrons. The third kappa shape index (κ3) is 7.30. The van der Waals surface area contributed by atoms with Crippen molar-refractivity contribution < 1.29 is 9.47 Å². The lowest BCUT2D eigenvalue weighted by Gasteiger charge is -2.15. The predicted octanol–water partition coefficient (Wildman–Crippen LogP) is 14.6. The molecule has 0 atom stereocenters. The lowest BCUT2D eigenvalue weighted by atomic mass is 10.0. The molecule has 0 spiro atoms. The molecule has 0 amide bonds. The van der Waals surface area contributed by atoms with Gasteiger partial charge in [0.2, 0.25) is 0 Å². The van der Waals surface area contributed by atoms with Crippen LogP contribution in [0.5, 0.6) is 11.5 Å². The maximum atomic E-state index is 6.47. The number of nitrogens with zero attached hydrogens (tertiary/aromatic N) is 2. The zero-order valence-electron chi connectivity index (χ0n) is 33.3. The fourth-order valence-corrected chi connectivity index (χ4v) is 8.00. The van der Waals surface area contributed by atoms with Crippen molar-refractivity contribution in [2.75, 3.05) is 13.2 Å². The van der Waals surface area contributed by atoms with Gasteiger partial charge in [-0.25, -0.2) is 0 Å². The van der Waals surface area contributed by atoms with Crippen molar-refractivity contribution in [2.45, 2.75) is 39.5 Å². The number of hydrogen-bond acceptors (Lipinski definition) is 2. The van der Waals surface area contributed by atoms with Gasteiger partial charge >= 0.3 is 0 Å². The molecule has 0 radical (unpaired) electrons. The Labute approximate surface area is 340 Å². The van der Waals surface area contributed by atoms with Gasteiger partial charge in [0.25, 0.3) is 0 Å². The highest BCUT2D eigenvalue weighted by Crippen LogP contribution is 2.35. The Morgan fingerprint density at radius 1 is 0.397 bits per heavy atom. The molecule has 2 heterocycles. The molecule has 0 saturated carbocycles. The molecule has 0 unspecified atom stereocenters. The van der Waals surface area contributed by atoms with Crippen LogP contribution in [0.3, 0.4) is 0 Å². The second kappa shape index (κ2) is 16.8. The SMILES string of the molecule is CCCCOc1cc(/C=C\c2ccc(-n3c4ccccc4c4ccccc43)cc2)c(OCCCC)cc1/C=C\c1ccc(-n2c3ccccc3c3ccccc32)cc1. The smallest absolute Gasteiger partial charge is 0.127 e. The fraction of sp³-hybridized carbons (Fsp3) is 0.148. The molecule has 0 aliphatic carbocycles. The average Bonchev–Trinajstić information content (AvgIpc) is 3.79. The Bertz CT molecular complexity index is 2600. The van der Waals surface area contributed by atoms with E-state index in [2.05, 4.69) is 205 Å². The normalized spacial score (nSPS) is 11.9. The van der Waals surface area contributed by atoms with Crippen LogP contribution in [0, 0.1) is 0 Å². The standard InChI is InChI=1S/C54H48N2O2/c1-3-5-35-57-53-37-42(30-24-40-27-33-44(34-28-40)56-51-21-13-9-17-47(51)48-18-10-14-22-52(48)56)54(58-36-6-4-2)38-41(53)29-23-39-25-31-43(32-26-39)55-49-19-11-7-15-45(49)46-16-8-12-20-50(46)55/h7-34,37-38H,3-6,35-36H2,1-2H3/b29-23-,30-24-. The number of benzene rings is 7. The van der Waals surface area contributed by atoms with Gasteiger partial charge < -0.3 is 18.6 Å². The van der Waals surface area contributed by atoms with E-state index >= 15 is 0 Å². The molecule has 0 saturated heterocycles. The van der Waals surface area contributed by atoms with Crippen LogP contribution < -0.4 is 9.47 Å². The minimum atomic E-state index is 0.661. The Hall–Kier alpha value is -6.78. The molecule has 7 aromatic carbocycles.